The molecule has 1 aliphatic heterocycles. The highest BCUT2D eigenvalue weighted by atomic mass is 16.7. The molecule has 4 rings (SSSR count). The number of Topliss-reactive ketones (excluding diaryl/α,β-unsaturated/α-hetero) is 2. The van der Waals surface area contributed by atoms with E-state index in [0.717, 1.165) is 5.56 Å². The lowest BCUT2D eigenvalue weighted by atomic mass is 9.97. The van der Waals surface area contributed by atoms with Gasteiger partial charge in [0, 0.05) is 11.1 Å². The summed E-state index contributed by atoms with van der Waals surface area (Å²) in [6.07, 6.45) is 2.83. The van der Waals surface area contributed by atoms with E-state index >= 15 is 0 Å². The molecule has 2 aromatic carbocycles. The second-order valence-electron chi connectivity index (χ2n) is 5.56. The molecule has 0 N–H and O–H groups in total. The van der Waals surface area contributed by atoms with E-state index in [1.54, 1.807) is 48.5 Å². The number of rotatable bonds is 3. The molecular formula is C19H12O5. The van der Waals surface area contributed by atoms with Crippen molar-refractivity contribution in [3.63, 3.8) is 0 Å². The molecule has 0 fully saturated rings. The van der Waals surface area contributed by atoms with Crippen LogP contribution in [0.1, 0.15) is 26.3 Å². The third-order valence-electron chi connectivity index (χ3n) is 4.10. The minimum absolute atomic E-state index is 0.171. The van der Waals surface area contributed by atoms with Crippen LogP contribution < -0.4 is 9.47 Å². The zero-order valence-corrected chi connectivity index (χ0v) is 12.5. The number of fused-ring (bicyclic) bond motifs is 2. The third kappa shape index (κ3) is 2.22. The van der Waals surface area contributed by atoms with Gasteiger partial charge in [-0.25, -0.2) is 0 Å². The molecule has 0 radical (unpaired) electrons. The van der Waals surface area contributed by atoms with Crippen LogP contribution in [0.2, 0.25) is 0 Å². The van der Waals surface area contributed by atoms with Crippen LogP contribution in [0.3, 0.4) is 0 Å². The fourth-order valence-corrected chi connectivity index (χ4v) is 2.89. The summed E-state index contributed by atoms with van der Waals surface area (Å²) in [6.45, 7) is 0.171. The van der Waals surface area contributed by atoms with Crippen LogP contribution in [0.25, 0.3) is 6.08 Å². The molecule has 5 heteroatoms. The summed E-state index contributed by atoms with van der Waals surface area (Å²) in [6, 6.07) is 11.8. The molecule has 118 valence electrons. The smallest absolute Gasteiger partial charge is 0.231 e. The van der Waals surface area contributed by atoms with Gasteiger partial charge in [0.05, 0.1) is 0 Å². The minimum atomic E-state index is -1.27. The first-order valence-electron chi connectivity index (χ1n) is 7.44. The predicted molar refractivity (Wildman–Crippen MR) is 85.2 cm³/mol. The van der Waals surface area contributed by atoms with Gasteiger partial charge < -0.3 is 9.47 Å². The van der Waals surface area contributed by atoms with Crippen molar-refractivity contribution in [3.8, 4) is 11.5 Å². The minimum Gasteiger partial charge on any atom is -0.454 e. The summed E-state index contributed by atoms with van der Waals surface area (Å²) in [5.74, 6) is -1.40. The molecule has 2 aromatic rings. The van der Waals surface area contributed by atoms with E-state index in [1.807, 2.05) is 0 Å². The zero-order chi connectivity index (χ0) is 16.7. The summed E-state index contributed by atoms with van der Waals surface area (Å²) in [5.41, 5.74) is 1.36. The SMILES string of the molecule is O=C(C=Cc1ccc2c(c1)OCO2)C1C(=O)c2ccccc2C1=O. The molecule has 1 aliphatic carbocycles. The Hall–Kier alpha value is -3.21. The van der Waals surface area contributed by atoms with E-state index in [1.165, 1.54) is 6.08 Å². The van der Waals surface area contributed by atoms with Gasteiger partial charge in [-0.3, -0.25) is 14.4 Å². The number of benzene rings is 2. The molecular weight excluding hydrogens is 308 g/mol. The Balaban J connectivity index is 1.57. The summed E-state index contributed by atoms with van der Waals surface area (Å²) in [7, 11) is 0. The Kier molecular flexibility index (Phi) is 3.27. The summed E-state index contributed by atoms with van der Waals surface area (Å²) >= 11 is 0. The second kappa shape index (κ2) is 5.45. The Morgan fingerprint density at radius 1 is 0.958 bits per heavy atom. The van der Waals surface area contributed by atoms with E-state index in [4.69, 9.17) is 9.47 Å². The highest BCUT2D eigenvalue weighted by Crippen LogP contribution is 2.33. The van der Waals surface area contributed by atoms with Gasteiger partial charge in [-0.2, -0.15) is 0 Å². The predicted octanol–water partition coefficient (Wildman–Crippen LogP) is 2.69. The first-order valence-corrected chi connectivity index (χ1v) is 7.44. The first kappa shape index (κ1) is 14.4. The van der Waals surface area contributed by atoms with Crippen LogP contribution in [0.15, 0.2) is 48.5 Å². The molecule has 0 saturated carbocycles. The van der Waals surface area contributed by atoms with Crippen molar-refractivity contribution in [2.24, 2.45) is 5.92 Å². The molecule has 0 spiro atoms. The van der Waals surface area contributed by atoms with Crippen molar-refractivity contribution in [2.45, 2.75) is 0 Å². The summed E-state index contributed by atoms with van der Waals surface area (Å²) < 4.78 is 10.5. The highest BCUT2D eigenvalue weighted by molar-refractivity contribution is 6.37. The first-order chi connectivity index (χ1) is 11.6. The molecule has 1 heterocycles. The van der Waals surface area contributed by atoms with Gasteiger partial charge in [0.1, 0.15) is 5.92 Å². The van der Waals surface area contributed by atoms with Gasteiger partial charge >= 0.3 is 0 Å². The van der Waals surface area contributed by atoms with Crippen LogP contribution in [0, 0.1) is 5.92 Å². The fraction of sp³-hybridized carbons (Fsp3) is 0.105. The van der Waals surface area contributed by atoms with Gasteiger partial charge in [-0.05, 0) is 23.8 Å². The quantitative estimate of drug-likeness (QED) is 0.642. The average molecular weight is 320 g/mol. The standard InChI is InChI=1S/C19H12O5/c20-14(7-5-11-6-8-15-16(9-11)24-10-23-15)17-18(21)12-3-1-2-4-13(12)19(17)22/h1-9,17H,10H2. The number of carbonyl (C=O) groups excluding carboxylic acids is 3. The molecule has 24 heavy (non-hydrogen) atoms. The summed E-state index contributed by atoms with van der Waals surface area (Å²) in [5, 5.41) is 0. The van der Waals surface area contributed by atoms with E-state index in [-0.39, 0.29) is 6.79 Å². The zero-order valence-electron chi connectivity index (χ0n) is 12.5. The van der Waals surface area contributed by atoms with Crippen LogP contribution >= 0.6 is 0 Å². The van der Waals surface area contributed by atoms with Crippen molar-refractivity contribution in [1.29, 1.82) is 0 Å². The molecule has 0 aromatic heterocycles. The molecule has 5 nitrogen and oxygen atoms in total. The van der Waals surface area contributed by atoms with Crippen LogP contribution in [-0.4, -0.2) is 24.1 Å². The van der Waals surface area contributed by atoms with Gasteiger partial charge in [0.15, 0.2) is 28.8 Å². The Bertz CT molecular complexity index is 875. The molecule has 0 amide bonds. The number of ether oxygens (including phenoxy) is 2. The van der Waals surface area contributed by atoms with Gasteiger partial charge in [0.25, 0.3) is 0 Å². The lowest BCUT2D eigenvalue weighted by Gasteiger charge is -2.02. The lowest BCUT2D eigenvalue weighted by Crippen LogP contribution is -2.23. The Morgan fingerprint density at radius 2 is 1.62 bits per heavy atom. The van der Waals surface area contributed by atoms with Crippen molar-refractivity contribution < 1.29 is 23.9 Å². The van der Waals surface area contributed by atoms with Crippen molar-refractivity contribution in [1.82, 2.24) is 0 Å². The van der Waals surface area contributed by atoms with E-state index in [0.29, 0.717) is 22.6 Å². The topological polar surface area (TPSA) is 69.7 Å². The van der Waals surface area contributed by atoms with E-state index in [9.17, 15) is 14.4 Å². The van der Waals surface area contributed by atoms with Gasteiger partial charge in [0.2, 0.25) is 6.79 Å². The van der Waals surface area contributed by atoms with Crippen molar-refractivity contribution in [3.05, 3.63) is 65.2 Å². The van der Waals surface area contributed by atoms with Gasteiger partial charge in [-0.1, -0.05) is 36.4 Å². The van der Waals surface area contributed by atoms with Crippen molar-refractivity contribution >= 4 is 23.4 Å². The Morgan fingerprint density at radius 3 is 2.33 bits per heavy atom. The number of ketones is 3. The molecule has 0 saturated heterocycles. The average Bonchev–Trinajstić information content (AvgIpc) is 3.16. The Labute approximate surface area is 137 Å². The molecule has 0 bridgehead atoms. The largest absolute Gasteiger partial charge is 0.454 e. The van der Waals surface area contributed by atoms with E-state index in [2.05, 4.69) is 0 Å². The number of allylic oxidation sites excluding steroid dienone is 1. The maximum Gasteiger partial charge on any atom is 0.231 e. The van der Waals surface area contributed by atoms with Crippen molar-refractivity contribution in [2.75, 3.05) is 6.79 Å². The molecule has 2 aliphatic rings. The molecule has 0 atom stereocenters. The maximum absolute atomic E-state index is 12.4. The second-order valence-corrected chi connectivity index (χ2v) is 5.56. The fourth-order valence-electron chi connectivity index (χ4n) is 2.89. The van der Waals surface area contributed by atoms with Crippen LogP contribution in [0.4, 0.5) is 0 Å². The normalized spacial score (nSPS) is 16.0. The number of hydrogen-bond donors (Lipinski definition) is 0. The number of carbonyl (C=O) groups is 3. The molecule has 0 unspecified atom stereocenters. The number of hydrogen-bond acceptors (Lipinski definition) is 5. The van der Waals surface area contributed by atoms with E-state index < -0.39 is 23.3 Å². The van der Waals surface area contributed by atoms with Gasteiger partial charge in [-0.15, -0.1) is 0 Å². The maximum atomic E-state index is 12.4. The monoisotopic (exact) mass is 320 g/mol. The highest BCUT2D eigenvalue weighted by Gasteiger charge is 2.41. The lowest BCUT2D eigenvalue weighted by molar-refractivity contribution is -0.115. The third-order valence-corrected chi connectivity index (χ3v) is 4.10. The summed E-state index contributed by atoms with van der Waals surface area (Å²) in [4.78, 5) is 37.0. The van der Waals surface area contributed by atoms with Crippen LogP contribution in [-0.2, 0) is 4.79 Å². The van der Waals surface area contributed by atoms with Crippen LogP contribution in [0.5, 0.6) is 11.5 Å².